The Morgan fingerprint density at radius 2 is 1.93 bits per heavy atom. The Balaban J connectivity index is 4.30. The van der Waals surface area contributed by atoms with Crippen LogP contribution >= 0.6 is 0 Å². The van der Waals surface area contributed by atoms with Crippen molar-refractivity contribution in [1.29, 1.82) is 0 Å². The van der Waals surface area contributed by atoms with Gasteiger partial charge < -0.3 is 10.4 Å². The van der Waals surface area contributed by atoms with Gasteiger partial charge in [0.25, 0.3) is 0 Å². The maximum atomic E-state index is 10.9. The van der Waals surface area contributed by atoms with Crippen LogP contribution in [0.2, 0.25) is 0 Å². The van der Waals surface area contributed by atoms with Gasteiger partial charge in [0.05, 0.1) is 5.75 Å². The van der Waals surface area contributed by atoms with E-state index in [9.17, 15) is 18.0 Å². The maximum absolute atomic E-state index is 10.9. The summed E-state index contributed by atoms with van der Waals surface area (Å²) in [5.74, 6) is -1.88. The monoisotopic (exact) mass is 237 g/mol. The van der Waals surface area contributed by atoms with E-state index in [2.05, 4.69) is 5.32 Å². The molecule has 88 valence electrons. The van der Waals surface area contributed by atoms with Crippen LogP contribution in [0.25, 0.3) is 0 Å². The molecule has 0 saturated heterocycles. The van der Waals surface area contributed by atoms with Crippen molar-refractivity contribution in [2.75, 3.05) is 12.0 Å². The van der Waals surface area contributed by atoms with Gasteiger partial charge in [0.2, 0.25) is 5.91 Å². The maximum Gasteiger partial charge on any atom is 0.326 e. The summed E-state index contributed by atoms with van der Waals surface area (Å²) in [5.41, 5.74) is 0. The summed E-state index contributed by atoms with van der Waals surface area (Å²) >= 11 is 0. The minimum atomic E-state index is -3.21. The number of hydrogen-bond acceptors (Lipinski definition) is 4. The van der Waals surface area contributed by atoms with Crippen molar-refractivity contribution < 1.29 is 23.1 Å². The van der Waals surface area contributed by atoms with Crippen LogP contribution in [0.15, 0.2) is 0 Å². The molecule has 0 aromatic carbocycles. The number of nitrogens with one attached hydrogen (secondary N) is 1. The van der Waals surface area contributed by atoms with Gasteiger partial charge in [0.15, 0.2) is 0 Å². The van der Waals surface area contributed by atoms with E-state index >= 15 is 0 Å². The van der Waals surface area contributed by atoms with Gasteiger partial charge in [-0.15, -0.1) is 0 Å². The van der Waals surface area contributed by atoms with Crippen molar-refractivity contribution in [2.24, 2.45) is 0 Å². The molecule has 0 heterocycles. The summed E-state index contributed by atoms with van der Waals surface area (Å²) in [6.45, 7) is 1.59. The molecule has 1 unspecified atom stereocenters. The number of carboxylic acid groups (broad SMARTS) is 1. The van der Waals surface area contributed by atoms with E-state index in [1.165, 1.54) is 0 Å². The van der Waals surface area contributed by atoms with E-state index in [0.717, 1.165) is 6.26 Å². The SMILES string of the molecule is CCC(=O)NC(CCS(C)(=O)=O)C(=O)O. The molecule has 0 saturated carbocycles. The minimum Gasteiger partial charge on any atom is -0.480 e. The molecule has 15 heavy (non-hydrogen) atoms. The number of sulfone groups is 1. The third-order valence-corrected chi connectivity index (χ3v) is 2.71. The van der Waals surface area contributed by atoms with Gasteiger partial charge in [-0.3, -0.25) is 4.79 Å². The minimum absolute atomic E-state index is 0.111. The molecule has 6 nitrogen and oxygen atoms in total. The first kappa shape index (κ1) is 13.9. The highest BCUT2D eigenvalue weighted by Gasteiger charge is 2.20. The highest BCUT2D eigenvalue weighted by molar-refractivity contribution is 7.90. The smallest absolute Gasteiger partial charge is 0.326 e. The lowest BCUT2D eigenvalue weighted by molar-refractivity contribution is -0.141. The van der Waals surface area contributed by atoms with Crippen LogP contribution in [0, 0.1) is 0 Å². The molecular formula is C8H15NO5S. The summed E-state index contributed by atoms with van der Waals surface area (Å²) in [4.78, 5) is 21.6. The normalized spacial score (nSPS) is 13.2. The molecule has 0 aliphatic carbocycles. The first-order valence-corrected chi connectivity index (χ1v) is 6.52. The van der Waals surface area contributed by atoms with Crippen LogP contribution in [0.4, 0.5) is 0 Å². The number of aliphatic carboxylic acids is 1. The Bertz CT molecular complexity index is 335. The topological polar surface area (TPSA) is 101 Å². The lowest BCUT2D eigenvalue weighted by Crippen LogP contribution is -2.41. The summed E-state index contributed by atoms with van der Waals surface area (Å²) in [6.07, 6.45) is 1.08. The van der Waals surface area contributed by atoms with E-state index in [4.69, 9.17) is 5.11 Å². The average molecular weight is 237 g/mol. The van der Waals surface area contributed by atoms with Crippen molar-refractivity contribution >= 4 is 21.7 Å². The third-order valence-electron chi connectivity index (χ3n) is 1.73. The van der Waals surface area contributed by atoms with Gasteiger partial charge in [0, 0.05) is 12.7 Å². The molecule has 2 N–H and O–H groups in total. The molecule has 0 radical (unpaired) electrons. The van der Waals surface area contributed by atoms with Crippen molar-refractivity contribution in [2.45, 2.75) is 25.8 Å². The first-order valence-electron chi connectivity index (χ1n) is 4.46. The molecule has 0 aromatic heterocycles. The molecule has 0 aliphatic heterocycles. The molecule has 0 aliphatic rings. The predicted octanol–water partition coefficient (Wildman–Crippen LogP) is -0.599. The van der Waals surface area contributed by atoms with E-state index in [1.54, 1.807) is 6.92 Å². The quantitative estimate of drug-likeness (QED) is 0.642. The molecule has 1 amide bonds. The number of rotatable bonds is 6. The lowest BCUT2D eigenvalue weighted by atomic mass is 10.2. The summed E-state index contributed by atoms with van der Waals surface area (Å²) in [7, 11) is -3.21. The molecule has 0 bridgehead atoms. The van der Waals surface area contributed by atoms with Gasteiger partial charge in [0.1, 0.15) is 15.9 Å². The van der Waals surface area contributed by atoms with Crippen LogP contribution in [-0.4, -0.2) is 43.5 Å². The number of carbonyl (C=O) groups is 2. The lowest BCUT2D eigenvalue weighted by Gasteiger charge is -2.12. The van der Waals surface area contributed by atoms with E-state index < -0.39 is 27.8 Å². The second kappa shape index (κ2) is 5.69. The molecule has 1 atom stereocenters. The zero-order valence-corrected chi connectivity index (χ0v) is 9.50. The molecule has 0 rings (SSSR count). The van der Waals surface area contributed by atoms with Crippen LogP contribution in [0.3, 0.4) is 0 Å². The van der Waals surface area contributed by atoms with Crippen molar-refractivity contribution in [3.8, 4) is 0 Å². The zero-order chi connectivity index (χ0) is 12.1. The van der Waals surface area contributed by atoms with Crippen LogP contribution in [0.1, 0.15) is 19.8 Å². The highest BCUT2D eigenvalue weighted by atomic mass is 32.2. The first-order chi connectivity index (χ1) is 6.76. The van der Waals surface area contributed by atoms with E-state index in [1.807, 2.05) is 0 Å². The van der Waals surface area contributed by atoms with E-state index in [-0.39, 0.29) is 18.6 Å². The fourth-order valence-electron chi connectivity index (χ4n) is 0.886. The number of amides is 1. The van der Waals surface area contributed by atoms with Crippen molar-refractivity contribution in [3.63, 3.8) is 0 Å². The van der Waals surface area contributed by atoms with Gasteiger partial charge in [-0.2, -0.15) is 0 Å². The second-order valence-electron chi connectivity index (χ2n) is 3.23. The van der Waals surface area contributed by atoms with Gasteiger partial charge >= 0.3 is 5.97 Å². The fraction of sp³-hybridized carbons (Fsp3) is 0.750. The Morgan fingerprint density at radius 1 is 1.40 bits per heavy atom. The van der Waals surface area contributed by atoms with Crippen LogP contribution < -0.4 is 5.32 Å². The molecule has 0 fully saturated rings. The fourth-order valence-corrected chi connectivity index (χ4v) is 1.55. The van der Waals surface area contributed by atoms with Gasteiger partial charge in [-0.25, -0.2) is 13.2 Å². The van der Waals surface area contributed by atoms with Gasteiger partial charge in [-0.1, -0.05) is 6.92 Å². The third kappa shape index (κ3) is 6.89. The van der Waals surface area contributed by atoms with Crippen LogP contribution in [-0.2, 0) is 19.4 Å². The van der Waals surface area contributed by atoms with Crippen LogP contribution in [0.5, 0.6) is 0 Å². The number of carboxylic acids is 1. The van der Waals surface area contributed by atoms with E-state index in [0.29, 0.717) is 0 Å². The molecule has 7 heteroatoms. The Morgan fingerprint density at radius 3 is 2.27 bits per heavy atom. The molecular weight excluding hydrogens is 222 g/mol. The standard InChI is InChI=1S/C8H15NO5S/c1-3-7(10)9-6(8(11)12)4-5-15(2,13)14/h6H,3-5H2,1-2H3,(H,9,10)(H,11,12). The van der Waals surface area contributed by atoms with Gasteiger partial charge in [-0.05, 0) is 6.42 Å². The number of hydrogen-bond donors (Lipinski definition) is 2. The summed E-state index contributed by atoms with van der Waals surface area (Å²) < 4.78 is 21.6. The predicted molar refractivity (Wildman–Crippen MR) is 54.2 cm³/mol. The molecule has 0 spiro atoms. The number of carbonyl (C=O) groups excluding carboxylic acids is 1. The van der Waals surface area contributed by atoms with Crippen molar-refractivity contribution in [3.05, 3.63) is 0 Å². The largest absolute Gasteiger partial charge is 0.480 e. The Hall–Kier alpha value is -1.11. The summed E-state index contributed by atoms with van der Waals surface area (Å²) in [6, 6.07) is -1.13. The Kier molecular flexibility index (Phi) is 5.27. The van der Waals surface area contributed by atoms with Crippen molar-refractivity contribution in [1.82, 2.24) is 5.32 Å². The molecule has 0 aromatic rings. The highest BCUT2D eigenvalue weighted by Crippen LogP contribution is 1.97. The second-order valence-corrected chi connectivity index (χ2v) is 5.49. The Labute approximate surface area is 88.6 Å². The summed E-state index contributed by atoms with van der Waals surface area (Å²) in [5, 5.41) is 10.9. The zero-order valence-electron chi connectivity index (χ0n) is 8.69. The average Bonchev–Trinajstić information content (AvgIpc) is 2.09.